The monoisotopic (exact) mass is 416 g/mol. The van der Waals surface area contributed by atoms with Crippen LogP contribution >= 0.6 is 0 Å². The first-order valence-electron chi connectivity index (χ1n) is 9.36. The van der Waals surface area contributed by atoms with Crippen LogP contribution in [0.3, 0.4) is 0 Å². The van der Waals surface area contributed by atoms with Crippen LogP contribution < -0.4 is 9.47 Å². The van der Waals surface area contributed by atoms with Crippen molar-refractivity contribution in [2.45, 2.75) is 26.4 Å². The van der Waals surface area contributed by atoms with Crippen molar-refractivity contribution in [3.05, 3.63) is 53.6 Å². The molecule has 8 nitrogen and oxygen atoms in total. The van der Waals surface area contributed by atoms with Gasteiger partial charge in [-0.25, -0.2) is 9.59 Å². The molecule has 0 aromatic heterocycles. The van der Waals surface area contributed by atoms with Crippen molar-refractivity contribution in [2.24, 2.45) is 0 Å². The summed E-state index contributed by atoms with van der Waals surface area (Å²) in [7, 11) is 0. The topological polar surface area (TPSA) is 123 Å². The Bertz CT molecular complexity index is 919. The Kier molecular flexibility index (Phi) is 8.10. The van der Waals surface area contributed by atoms with Gasteiger partial charge in [-0.05, 0) is 55.3 Å². The second-order valence-corrected chi connectivity index (χ2v) is 6.20. The van der Waals surface area contributed by atoms with Crippen molar-refractivity contribution in [2.75, 3.05) is 13.2 Å². The zero-order chi connectivity index (χ0) is 22.1. The molecule has 0 aliphatic heterocycles. The minimum atomic E-state index is -1.42. The number of ether oxygens (including phenoxy) is 3. The lowest BCUT2D eigenvalue weighted by Crippen LogP contribution is -2.28. The second-order valence-electron chi connectivity index (χ2n) is 6.20. The SMILES string of the molecule is CCOc1cc(/C=C/C(=O)O[C@H](Cc2ccc(O)c(OCC)c2)C(=O)O)ccc1O. The third-order valence-corrected chi connectivity index (χ3v) is 3.97. The van der Waals surface area contributed by atoms with Crippen LogP contribution in [0.4, 0.5) is 0 Å². The Labute approximate surface area is 173 Å². The minimum absolute atomic E-state index is 0.0252. The predicted octanol–water partition coefficient (Wildman–Crippen LogP) is 3.15. The standard InChI is InChI=1S/C22H24O8/c1-3-28-18-11-14(5-8-16(18)23)7-10-21(25)30-20(22(26)27)13-15-6-9-17(24)19(12-15)29-4-2/h5-12,20,23-24H,3-4,13H2,1-2H3,(H,26,27)/b10-7+/t20-/m1/s1. The Morgan fingerprint density at radius 3 is 2.17 bits per heavy atom. The maximum atomic E-state index is 12.1. The van der Waals surface area contributed by atoms with E-state index in [1.807, 2.05) is 0 Å². The van der Waals surface area contributed by atoms with Gasteiger partial charge < -0.3 is 29.5 Å². The Balaban J connectivity index is 2.07. The maximum absolute atomic E-state index is 12.1. The number of rotatable bonds is 10. The van der Waals surface area contributed by atoms with Crippen LogP contribution in [0, 0.1) is 0 Å². The summed E-state index contributed by atoms with van der Waals surface area (Å²) in [6.45, 7) is 4.23. The summed E-state index contributed by atoms with van der Waals surface area (Å²) in [6, 6.07) is 8.97. The number of aromatic hydroxyl groups is 2. The molecule has 8 heteroatoms. The van der Waals surface area contributed by atoms with E-state index in [0.29, 0.717) is 24.3 Å². The maximum Gasteiger partial charge on any atom is 0.345 e. The molecule has 0 spiro atoms. The number of carboxylic acid groups (broad SMARTS) is 1. The van der Waals surface area contributed by atoms with Crippen molar-refractivity contribution < 1.29 is 39.1 Å². The van der Waals surface area contributed by atoms with Crippen molar-refractivity contribution in [1.29, 1.82) is 0 Å². The number of carbonyl (C=O) groups excluding carboxylic acids is 1. The smallest absolute Gasteiger partial charge is 0.345 e. The van der Waals surface area contributed by atoms with Gasteiger partial charge in [0.15, 0.2) is 23.0 Å². The molecule has 0 radical (unpaired) electrons. The molecule has 0 aliphatic rings. The average Bonchev–Trinajstić information content (AvgIpc) is 2.70. The van der Waals surface area contributed by atoms with Gasteiger partial charge in [-0.2, -0.15) is 0 Å². The molecule has 0 saturated heterocycles. The van der Waals surface area contributed by atoms with Gasteiger partial charge in [0.25, 0.3) is 0 Å². The highest BCUT2D eigenvalue weighted by atomic mass is 16.6. The second kappa shape index (κ2) is 10.8. The lowest BCUT2D eigenvalue weighted by Gasteiger charge is -2.14. The first kappa shape index (κ1) is 22.6. The highest BCUT2D eigenvalue weighted by molar-refractivity contribution is 5.89. The number of hydrogen-bond donors (Lipinski definition) is 3. The van der Waals surface area contributed by atoms with Crippen molar-refractivity contribution in [3.8, 4) is 23.0 Å². The zero-order valence-corrected chi connectivity index (χ0v) is 16.7. The van der Waals surface area contributed by atoms with E-state index < -0.39 is 18.0 Å². The van der Waals surface area contributed by atoms with Crippen LogP contribution in [0.1, 0.15) is 25.0 Å². The number of phenols is 2. The van der Waals surface area contributed by atoms with Crippen LogP contribution in [0.15, 0.2) is 42.5 Å². The van der Waals surface area contributed by atoms with Crippen LogP contribution in [-0.2, 0) is 20.7 Å². The number of carbonyl (C=O) groups is 2. The molecule has 0 unspecified atom stereocenters. The Morgan fingerprint density at radius 2 is 1.57 bits per heavy atom. The van der Waals surface area contributed by atoms with Crippen molar-refractivity contribution >= 4 is 18.0 Å². The quantitative estimate of drug-likeness (QED) is 0.399. The number of hydrogen-bond acceptors (Lipinski definition) is 7. The molecule has 30 heavy (non-hydrogen) atoms. The summed E-state index contributed by atoms with van der Waals surface area (Å²) in [5.74, 6) is -1.73. The van der Waals surface area contributed by atoms with Gasteiger partial charge in [0.1, 0.15) is 0 Å². The fraction of sp³-hybridized carbons (Fsp3) is 0.273. The summed E-state index contributed by atoms with van der Waals surface area (Å²) in [5.41, 5.74) is 1.10. The molecule has 3 N–H and O–H groups in total. The van der Waals surface area contributed by atoms with Crippen LogP contribution in [0.25, 0.3) is 6.08 Å². The summed E-state index contributed by atoms with van der Waals surface area (Å²) in [6.07, 6.45) is 1.01. The molecule has 0 heterocycles. The van der Waals surface area contributed by atoms with E-state index in [1.54, 1.807) is 26.0 Å². The van der Waals surface area contributed by atoms with Gasteiger partial charge in [0, 0.05) is 12.5 Å². The van der Waals surface area contributed by atoms with E-state index in [0.717, 1.165) is 6.08 Å². The normalized spacial score (nSPS) is 11.8. The number of phenolic OH excluding ortho intramolecular Hbond substituents is 2. The molecule has 0 aliphatic carbocycles. The molecular formula is C22H24O8. The van der Waals surface area contributed by atoms with Gasteiger partial charge in [-0.15, -0.1) is 0 Å². The van der Waals surface area contributed by atoms with E-state index in [2.05, 4.69) is 0 Å². The highest BCUT2D eigenvalue weighted by Crippen LogP contribution is 2.28. The van der Waals surface area contributed by atoms with E-state index in [9.17, 15) is 24.9 Å². The first-order chi connectivity index (χ1) is 14.3. The lowest BCUT2D eigenvalue weighted by molar-refractivity contribution is -0.160. The third kappa shape index (κ3) is 6.44. The number of aliphatic carboxylic acids is 1. The number of esters is 1. The largest absolute Gasteiger partial charge is 0.504 e. The minimum Gasteiger partial charge on any atom is -0.504 e. The Morgan fingerprint density at radius 1 is 0.967 bits per heavy atom. The van der Waals surface area contributed by atoms with Gasteiger partial charge in [0.05, 0.1) is 13.2 Å². The summed E-state index contributed by atoms with van der Waals surface area (Å²) < 4.78 is 15.6. The third-order valence-electron chi connectivity index (χ3n) is 3.97. The average molecular weight is 416 g/mol. The lowest BCUT2D eigenvalue weighted by atomic mass is 10.1. The molecule has 1 atom stereocenters. The molecule has 2 aromatic rings. The zero-order valence-electron chi connectivity index (χ0n) is 16.7. The first-order valence-corrected chi connectivity index (χ1v) is 9.36. The molecule has 2 rings (SSSR count). The summed E-state index contributed by atoms with van der Waals surface area (Å²) >= 11 is 0. The van der Waals surface area contributed by atoms with E-state index >= 15 is 0 Å². The molecule has 2 aromatic carbocycles. The van der Waals surface area contributed by atoms with Gasteiger partial charge in [-0.3, -0.25) is 0 Å². The van der Waals surface area contributed by atoms with E-state index in [1.165, 1.54) is 30.3 Å². The number of carboxylic acids is 1. The molecular weight excluding hydrogens is 392 g/mol. The van der Waals surface area contributed by atoms with E-state index in [-0.39, 0.29) is 29.4 Å². The Hall–Kier alpha value is -3.68. The molecule has 160 valence electrons. The van der Waals surface area contributed by atoms with Gasteiger partial charge >= 0.3 is 11.9 Å². The van der Waals surface area contributed by atoms with Crippen molar-refractivity contribution in [3.63, 3.8) is 0 Å². The van der Waals surface area contributed by atoms with Crippen LogP contribution in [0.2, 0.25) is 0 Å². The number of benzene rings is 2. The molecule has 0 fully saturated rings. The van der Waals surface area contributed by atoms with E-state index in [4.69, 9.17) is 14.2 Å². The summed E-state index contributed by atoms with van der Waals surface area (Å²) in [4.78, 5) is 23.6. The molecule has 0 saturated carbocycles. The van der Waals surface area contributed by atoms with Crippen LogP contribution in [0.5, 0.6) is 23.0 Å². The molecule has 0 amide bonds. The summed E-state index contributed by atoms with van der Waals surface area (Å²) in [5, 5.41) is 28.8. The molecule has 0 bridgehead atoms. The van der Waals surface area contributed by atoms with Crippen LogP contribution in [-0.4, -0.2) is 46.6 Å². The van der Waals surface area contributed by atoms with Gasteiger partial charge in [-0.1, -0.05) is 12.1 Å². The van der Waals surface area contributed by atoms with Gasteiger partial charge in [0.2, 0.25) is 6.10 Å². The predicted molar refractivity (Wildman–Crippen MR) is 109 cm³/mol. The fourth-order valence-electron chi connectivity index (χ4n) is 2.60. The highest BCUT2D eigenvalue weighted by Gasteiger charge is 2.22. The fourth-order valence-corrected chi connectivity index (χ4v) is 2.60. The van der Waals surface area contributed by atoms with Crippen molar-refractivity contribution in [1.82, 2.24) is 0 Å².